The van der Waals surface area contributed by atoms with Crippen molar-refractivity contribution in [3.05, 3.63) is 60.4 Å². The van der Waals surface area contributed by atoms with Crippen LogP contribution in [-0.2, 0) is 24.3 Å². The van der Waals surface area contributed by atoms with E-state index in [0.717, 1.165) is 4.31 Å². The number of fused-ring (bicyclic) bond motifs is 13. The SMILES string of the molecule is Nc1ncc2nc1C(=O)Nc1ccccc1OCCOCCOCCN(CC(=O)O)S(=O)(=O)c1ccc-2cc1. The standard InChI is InChI=1S/C25H27N5O8S/c26-24-23-25(33)29-19-3-1-2-4-21(19)38-14-13-37-12-11-36-10-9-30(16-22(31)32)39(34,35)18-7-5-17(6-8-18)20(28-23)15-27-24/h1-8,15H,9-14,16H2,(H2,26,27)(H,29,33)(H,31,32). The Morgan fingerprint density at radius 2 is 1.72 bits per heavy atom. The predicted molar refractivity (Wildman–Crippen MR) is 140 cm³/mol. The van der Waals surface area contributed by atoms with Crippen LogP contribution in [0.25, 0.3) is 11.3 Å². The zero-order valence-electron chi connectivity index (χ0n) is 20.8. The fraction of sp³-hybridized carbons (Fsp3) is 0.280. The number of nitrogen functional groups attached to an aromatic ring is 1. The second-order valence-corrected chi connectivity index (χ2v) is 10.2. The maximum absolute atomic E-state index is 13.2. The van der Waals surface area contributed by atoms with Gasteiger partial charge < -0.3 is 30.4 Å². The Bertz CT molecular complexity index is 1430. The number of nitrogens with one attached hydrogen (secondary N) is 1. The van der Waals surface area contributed by atoms with Crippen LogP contribution < -0.4 is 15.8 Å². The van der Waals surface area contributed by atoms with Crippen LogP contribution >= 0.6 is 0 Å². The molecule has 0 saturated carbocycles. The van der Waals surface area contributed by atoms with Gasteiger partial charge in [0.05, 0.1) is 48.9 Å². The summed E-state index contributed by atoms with van der Waals surface area (Å²) in [5, 5.41) is 12.0. The van der Waals surface area contributed by atoms with E-state index in [2.05, 4.69) is 15.3 Å². The van der Waals surface area contributed by atoms with E-state index < -0.39 is 28.4 Å². The highest BCUT2D eigenvalue weighted by Gasteiger charge is 2.27. The number of carbonyl (C=O) groups excluding carboxylic acids is 1. The molecule has 1 amide bonds. The molecule has 206 valence electrons. The summed E-state index contributed by atoms with van der Waals surface area (Å²) >= 11 is 0. The summed E-state index contributed by atoms with van der Waals surface area (Å²) in [5.41, 5.74) is 6.95. The molecule has 0 atom stereocenters. The average molecular weight is 558 g/mol. The number of para-hydroxylation sites is 2. The van der Waals surface area contributed by atoms with Crippen LogP contribution in [0.1, 0.15) is 10.5 Å². The number of aromatic nitrogens is 2. The van der Waals surface area contributed by atoms with Crippen molar-refractivity contribution < 1.29 is 37.3 Å². The van der Waals surface area contributed by atoms with Crippen LogP contribution in [0.15, 0.2) is 59.6 Å². The fourth-order valence-electron chi connectivity index (χ4n) is 3.66. The number of carboxylic acids is 1. The summed E-state index contributed by atoms with van der Waals surface area (Å²) in [4.78, 5) is 32.7. The Labute approximate surface area is 224 Å². The van der Waals surface area contributed by atoms with E-state index in [1.807, 2.05) is 0 Å². The third-order valence-electron chi connectivity index (χ3n) is 5.59. The van der Waals surface area contributed by atoms with Crippen molar-refractivity contribution >= 4 is 33.4 Å². The van der Waals surface area contributed by atoms with Gasteiger partial charge in [0.25, 0.3) is 5.91 Å². The van der Waals surface area contributed by atoms with E-state index >= 15 is 0 Å². The van der Waals surface area contributed by atoms with E-state index in [1.165, 1.54) is 30.5 Å². The molecule has 2 aliphatic heterocycles. The van der Waals surface area contributed by atoms with Gasteiger partial charge in [-0.2, -0.15) is 4.31 Å². The Morgan fingerprint density at radius 3 is 2.46 bits per heavy atom. The number of carbonyl (C=O) groups is 2. The lowest BCUT2D eigenvalue weighted by Gasteiger charge is -2.20. The number of carboxylic acid groups (broad SMARTS) is 1. The largest absolute Gasteiger partial charge is 0.489 e. The number of hydrogen-bond acceptors (Lipinski definition) is 10. The van der Waals surface area contributed by atoms with Gasteiger partial charge in [-0.1, -0.05) is 24.3 Å². The van der Waals surface area contributed by atoms with Gasteiger partial charge in [-0.05, 0) is 24.3 Å². The molecule has 0 unspecified atom stereocenters. The van der Waals surface area contributed by atoms with Gasteiger partial charge in [0, 0.05) is 12.1 Å². The molecule has 2 aromatic carbocycles. The number of hydrogen-bond donors (Lipinski definition) is 3. The van der Waals surface area contributed by atoms with E-state index in [0.29, 0.717) is 17.0 Å². The van der Waals surface area contributed by atoms with Gasteiger partial charge in [0.1, 0.15) is 18.9 Å². The number of nitrogens with two attached hydrogens (primary N) is 1. The zero-order chi connectivity index (χ0) is 27.8. The number of aliphatic carboxylic acids is 1. The molecule has 4 bridgehead atoms. The number of amides is 1. The molecule has 13 nitrogen and oxygen atoms in total. The molecule has 14 heteroatoms. The van der Waals surface area contributed by atoms with Crippen molar-refractivity contribution in [2.45, 2.75) is 4.90 Å². The molecule has 3 heterocycles. The number of ether oxygens (including phenoxy) is 3. The first kappa shape index (κ1) is 27.9. The van der Waals surface area contributed by atoms with Gasteiger partial charge >= 0.3 is 5.97 Å². The molecule has 5 rings (SSSR count). The summed E-state index contributed by atoms with van der Waals surface area (Å²) in [7, 11) is -4.15. The van der Waals surface area contributed by atoms with Crippen LogP contribution in [0, 0.1) is 0 Å². The quantitative estimate of drug-likeness (QED) is 0.388. The van der Waals surface area contributed by atoms with Crippen molar-refractivity contribution in [1.29, 1.82) is 0 Å². The van der Waals surface area contributed by atoms with E-state index in [-0.39, 0.29) is 61.7 Å². The normalized spacial score (nSPS) is 17.1. The molecule has 0 spiro atoms. The van der Waals surface area contributed by atoms with Gasteiger partial charge in [0.15, 0.2) is 11.5 Å². The molecule has 1 aromatic heterocycles. The van der Waals surface area contributed by atoms with Gasteiger partial charge in [-0.25, -0.2) is 18.4 Å². The predicted octanol–water partition coefficient (Wildman–Crippen LogP) is 1.48. The van der Waals surface area contributed by atoms with Crippen molar-refractivity contribution in [1.82, 2.24) is 14.3 Å². The van der Waals surface area contributed by atoms with E-state index in [9.17, 15) is 23.1 Å². The minimum absolute atomic E-state index is 0.0265. The first-order valence-electron chi connectivity index (χ1n) is 11.9. The minimum atomic E-state index is -4.15. The molecule has 0 saturated heterocycles. The molecule has 0 radical (unpaired) electrons. The average Bonchev–Trinajstić information content (AvgIpc) is 2.92. The Balaban J connectivity index is 1.67. The molecular weight excluding hydrogens is 530 g/mol. The molecule has 2 aliphatic rings. The fourth-order valence-corrected chi connectivity index (χ4v) is 5.04. The summed E-state index contributed by atoms with van der Waals surface area (Å²) in [6.07, 6.45) is 1.36. The number of anilines is 2. The topological polar surface area (TPSA) is 183 Å². The second-order valence-electron chi connectivity index (χ2n) is 8.27. The van der Waals surface area contributed by atoms with Crippen LogP contribution in [-0.4, -0.2) is 85.8 Å². The van der Waals surface area contributed by atoms with Crippen molar-refractivity contribution in [3.63, 3.8) is 0 Å². The minimum Gasteiger partial charge on any atom is -0.489 e. The van der Waals surface area contributed by atoms with Crippen LogP contribution in [0.3, 0.4) is 0 Å². The summed E-state index contributed by atoms with van der Waals surface area (Å²) in [6, 6.07) is 12.5. The van der Waals surface area contributed by atoms with Crippen molar-refractivity contribution in [2.75, 3.05) is 57.2 Å². The number of sulfonamides is 1. The monoisotopic (exact) mass is 557 g/mol. The van der Waals surface area contributed by atoms with Crippen molar-refractivity contribution in [2.24, 2.45) is 0 Å². The van der Waals surface area contributed by atoms with Crippen LogP contribution in [0.4, 0.5) is 11.5 Å². The Hall–Kier alpha value is -4.11. The van der Waals surface area contributed by atoms with E-state index in [4.69, 9.17) is 19.9 Å². The molecule has 0 aliphatic carbocycles. The number of nitrogens with zero attached hydrogens (tertiary/aromatic N) is 3. The summed E-state index contributed by atoms with van der Waals surface area (Å²) in [6.45, 7) is -0.137. The molecule has 39 heavy (non-hydrogen) atoms. The van der Waals surface area contributed by atoms with Gasteiger partial charge in [-0.15, -0.1) is 0 Å². The number of rotatable bonds is 2. The molecule has 3 aromatic rings. The van der Waals surface area contributed by atoms with Gasteiger partial charge in [0.2, 0.25) is 10.0 Å². The lowest BCUT2D eigenvalue weighted by Crippen LogP contribution is -2.38. The second kappa shape index (κ2) is 12.6. The number of benzene rings is 2. The third-order valence-corrected chi connectivity index (χ3v) is 7.45. The molecule has 0 fully saturated rings. The van der Waals surface area contributed by atoms with Gasteiger partial charge in [-0.3, -0.25) is 9.59 Å². The highest BCUT2D eigenvalue weighted by atomic mass is 32.2. The van der Waals surface area contributed by atoms with Crippen LogP contribution in [0.2, 0.25) is 0 Å². The molecule has 4 N–H and O–H groups in total. The summed E-state index contributed by atoms with van der Waals surface area (Å²) < 4.78 is 43.8. The first-order chi connectivity index (χ1) is 18.8. The first-order valence-corrected chi connectivity index (χ1v) is 13.3. The van der Waals surface area contributed by atoms with Crippen LogP contribution in [0.5, 0.6) is 5.75 Å². The Kier molecular flexibility index (Phi) is 9.03. The Morgan fingerprint density at radius 1 is 1.03 bits per heavy atom. The van der Waals surface area contributed by atoms with Crippen molar-refractivity contribution in [3.8, 4) is 17.0 Å². The lowest BCUT2D eigenvalue weighted by molar-refractivity contribution is -0.137. The maximum Gasteiger partial charge on any atom is 0.318 e. The lowest BCUT2D eigenvalue weighted by atomic mass is 10.1. The zero-order valence-corrected chi connectivity index (χ0v) is 21.6. The highest BCUT2D eigenvalue weighted by molar-refractivity contribution is 7.89. The smallest absolute Gasteiger partial charge is 0.318 e. The maximum atomic E-state index is 13.2. The van der Waals surface area contributed by atoms with E-state index in [1.54, 1.807) is 24.3 Å². The molecular formula is C25H27N5O8S. The highest BCUT2D eigenvalue weighted by Crippen LogP contribution is 2.26. The summed E-state index contributed by atoms with van der Waals surface area (Å²) in [5.74, 6) is -1.59. The third kappa shape index (κ3) is 7.06.